The molecule has 1 atom stereocenters. The van der Waals surface area contributed by atoms with E-state index in [1.807, 2.05) is 30.3 Å². The molecule has 3 nitrogen and oxygen atoms in total. The van der Waals surface area contributed by atoms with Crippen LogP contribution in [0.4, 0.5) is 5.13 Å². The topological polar surface area (TPSA) is 50.9 Å². The van der Waals surface area contributed by atoms with Gasteiger partial charge in [-0.1, -0.05) is 41.9 Å². The lowest BCUT2D eigenvalue weighted by atomic mass is 10.1. The van der Waals surface area contributed by atoms with E-state index in [1.165, 1.54) is 11.3 Å². The minimum atomic E-state index is 0.0548. The summed E-state index contributed by atoms with van der Waals surface area (Å²) in [5.41, 5.74) is 7.24. The molecule has 3 N–H and O–H groups in total. The molecule has 0 aliphatic heterocycles. The first kappa shape index (κ1) is 12.4. The fraction of sp³-hybridized carbons (Fsp3) is 0.250. The van der Waals surface area contributed by atoms with Crippen LogP contribution in [-0.2, 0) is 0 Å². The van der Waals surface area contributed by atoms with Gasteiger partial charge in [0.05, 0.1) is 0 Å². The number of rotatable bonds is 5. The molecule has 0 bridgehead atoms. The standard InChI is InChI=1S/C12H14ClN3S/c13-11-8-17-12(16-11)15-7-6-10(14)9-4-2-1-3-5-9/h1-5,8,10H,6-7,14H2,(H,15,16). The van der Waals surface area contributed by atoms with Gasteiger partial charge >= 0.3 is 0 Å². The van der Waals surface area contributed by atoms with E-state index >= 15 is 0 Å². The Bertz CT molecular complexity index is 458. The summed E-state index contributed by atoms with van der Waals surface area (Å²) in [6.45, 7) is 0.792. The molecule has 1 aromatic carbocycles. The van der Waals surface area contributed by atoms with Crippen LogP contribution >= 0.6 is 22.9 Å². The summed E-state index contributed by atoms with van der Waals surface area (Å²) in [7, 11) is 0. The third-order valence-electron chi connectivity index (χ3n) is 2.44. The van der Waals surface area contributed by atoms with Gasteiger partial charge in [-0.15, -0.1) is 11.3 Å². The number of aromatic nitrogens is 1. The molecular weight excluding hydrogens is 254 g/mol. The Hall–Kier alpha value is -1.10. The van der Waals surface area contributed by atoms with Crippen LogP contribution in [0, 0.1) is 0 Å². The Morgan fingerprint density at radius 2 is 2.12 bits per heavy atom. The highest BCUT2D eigenvalue weighted by Gasteiger charge is 2.05. The van der Waals surface area contributed by atoms with E-state index in [0.717, 1.165) is 23.7 Å². The maximum Gasteiger partial charge on any atom is 0.184 e. The van der Waals surface area contributed by atoms with Crippen LogP contribution in [0.1, 0.15) is 18.0 Å². The molecule has 0 aliphatic rings. The molecule has 0 spiro atoms. The van der Waals surface area contributed by atoms with Crippen LogP contribution in [0.15, 0.2) is 35.7 Å². The van der Waals surface area contributed by atoms with E-state index in [0.29, 0.717) is 5.15 Å². The highest BCUT2D eigenvalue weighted by atomic mass is 35.5. The van der Waals surface area contributed by atoms with E-state index < -0.39 is 0 Å². The Labute approximate surface area is 110 Å². The van der Waals surface area contributed by atoms with Crippen molar-refractivity contribution in [1.82, 2.24) is 4.98 Å². The molecular formula is C12H14ClN3S. The average molecular weight is 268 g/mol. The summed E-state index contributed by atoms with van der Waals surface area (Å²) in [5, 5.41) is 6.39. The van der Waals surface area contributed by atoms with Crippen molar-refractivity contribution in [3.05, 3.63) is 46.4 Å². The first-order valence-electron chi connectivity index (χ1n) is 5.41. The molecule has 0 amide bonds. The van der Waals surface area contributed by atoms with Gasteiger partial charge in [0.2, 0.25) is 0 Å². The van der Waals surface area contributed by atoms with Gasteiger partial charge in [-0.25, -0.2) is 4.98 Å². The van der Waals surface area contributed by atoms with Gasteiger partial charge in [0.25, 0.3) is 0 Å². The van der Waals surface area contributed by atoms with Crippen LogP contribution in [0.25, 0.3) is 0 Å². The van der Waals surface area contributed by atoms with Crippen LogP contribution < -0.4 is 11.1 Å². The predicted octanol–water partition coefficient (Wildman–Crippen LogP) is 3.30. The van der Waals surface area contributed by atoms with Gasteiger partial charge in [0.1, 0.15) is 5.15 Å². The minimum absolute atomic E-state index is 0.0548. The van der Waals surface area contributed by atoms with E-state index in [4.69, 9.17) is 17.3 Å². The number of nitrogens with two attached hydrogens (primary N) is 1. The highest BCUT2D eigenvalue weighted by Crippen LogP contribution is 2.19. The van der Waals surface area contributed by atoms with Crippen molar-refractivity contribution >= 4 is 28.1 Å². The first-order valence-corrected chi connectivity index (χ1v) is 6.67. The first-order chi connectivity index (χ1) is 8.25. The van der Waals surface area contributed by atoms with Gasteiger partial charge in [0, 0.05) is 18.0 Å². The second-order valence-corrected chi connectivity index (χ2v) is 4.95. The maximum atomic E-state index is 6.08. The summed E-state index contributed by atoms with van der Waals surface area (Å²) in [5.74, 6) is 0. The van der Waals surface area contributed by atoms with Crippen LogP contribution in [0.2, 0.25) is 5.15 Å². The van der Waals surface area contributed by atoms with Gasteiger partial charge in [-0.05, 0) is 12.0 Å². The number of halogens is 1. The van der Waals surface area contributed by atoms with E-state index in [1.54, 1.807) is 5.38 Å². The number of hydrogen-bond donors (Lipinski definition) is 2. The van der Waals surface area contributed by atoms with Gasteiger partial charge < -0.3 is 11.1 Å². The molecule has 0 saturated carbocycles. The van der Waals surface area contributed by atoms with E-state index in [2.05, 4.69) is 10.3 Å². The fourth-order valence-electron chi connectivity index (χ4n) is 1.54. The van der Waals surface area contributed by atoms with Crippen LogP contribution in [-0.4, -0.2) is 11.5 Å². The molecule has 17 heavy (non-hydrogen) atoms. The number of benzene rings is 1. The maximum absolute atomic E-state index is 6.08. The average Bonchev–Trinajstić information content (AvgIpc) is 2.76. The molecule has 5 heteroatoms. The molecule has 0 radical (unpaired) electrons. The molecule has 0 saturated heterocycles. The Morgan fingerprint density at radius 1 is 1.35 bits per heavy atom. The van der Waals surface area contributed by atoms with Crippen molar-refractivity contribution in [2.75, 3.05) is 11.9 Å². The summed E-state index contributed by atoms with van der Waals surface area (Å²) in [6, 6.07) is 10.1. The van der Waals surface area contributed by atoms with Crippen molar-refractivity contribution in [2.24, 2.45) is 5.73 Å². The molecule has 2 aromatic rings. The van der Waals surface area contributed by atoms with Crippen molar-refractivity contribution in [2.45, 2.75) is 12.5 Å². The van der Waals surface area contributed by atoms with E-state index in [-0.39, 0.29) is 6.04 Å². The lowest BCUT2D eigenvalue weighted by Gasteiger charge is -2.11. The Morgan fingerprint density at radius 3 is 2.76 bits per heavy atom. The third kappa shape index (κ3) is 3.70. The summed E-state index contributed by atoms with van der Waals surface area (Å²) < 4.78 is 0. The van der Waals surface area contributed by atoms with E-state index in [9.17, 15) is 0 Å². The molecule has 1 aromatic heterocycles. The summed E-state index contributed by atoms with van der Waals surface area (Å²) in [4.78, 5) is 4.11. The number of nitrogens with one attached hydrogen (secondary N) is 1. The largest absolute Gasteiger partial charge is 0.361 e. The van der Waals surface area contributed by atoms with Gasteiger partial charge in [-0.2, -0.15) is 0 Å². The monoisotopic (exact) mass is 267 g/mol. The molecule has 90 valence electrons. The van der Waals surface area contributed by atoms with Crippen LogP contribution in [0.5, 0.6) is 0 Å². The second kappa shape index (κ2) is 6.00. The predicted molar refractivity (Wildman–Crippen MR) is 73.6 cm³/mol. The smallest absolute Gasteiger partial charge is 0.184 e. The number of nitrogens with zero attached hydrogens (tertiary/aromatic N) is 1. The van der Waals surface area contributed by atoms with Crippen LogP contribution in [0.3, 0.4) is 0 Å². The van der Waals surface area contributed by atoms with Gasteiger partial charge in [0.15, 0.2) is 5.13 Å². The fourth-order valence-corrected chi connectivity index (χ4v) is 2.40. The normalized spacial score (nSPS) is 12.4. The molecule has 0 aliphatic carbocycles. The van der Waals surface area contributed by atoms with Crippen molar-refractivity contribution in [3.63, 3.8) is 0 Å². The van der Waals surface area contributed by atoms with Crippen molar-refractivity contribution in [1.29, 1.82) is 0 Å². The zero-order valence-corrected chi connectivity index (χ0v) is 10.8. The number of hydrogen-bond acceptors (Lipinski definition) is 4. The zero-order chi connectivity index (χ0) is 12.1. The molecule has 2 rings (SSSR count). The molecule has 0 fully saturated rings. The Kier molecular flexibility index (Phi) is 4.36. The summed E-state index contributed by atoms with van der Waals surface area (Å²) in [6.07, 6.45) is 0.862. The number of anilines is 1. The Balaban J connectivity index is 1.79. The number of thiazole rings is 1. The quantitative estimate of drug-likeness (QED) is 0.874. The lowest BCUT2D eigenvalue weighted by Crippen LogP contribution is -2.15. The van der Waals surface area contributed by atoms with Crippen molar-refractivity contribution < 1.29 is 0 Å². The molecule has 1 unspecified atom stereocenters. The molecule has 1 heterocycles. The zero-order valence-electron chi connectivity index (χ0n) is 9.27. The second-order valence-electron chi connectivity index (χ2n) is 3.71. The third-order valence-corrected chi connectivity index (χ3v) is 3.56. The minimum Gasteiger partial charge on any atom is -0.361 e. The highest BCUT2D eigenvalue weighted by molar-refractivity contribution is 7.14. The van der Waals surface area contributed by atoms with Gasteiger partial charge in [-0.3, -0.25) is 0 Å². The van der Waals surface area contributed by atoms with Crippen molar-refractivity contribution in [3.8, 4) is 0 Å². The summed E-state index contributed by atoms with van der Waals surface area (Å²) >= 11 is 7.23. The lowest BCUT2D eigenvalue weighted by molar-refractivity contribution is 0.675. The SMILES string of the molecule is NC(CCNc1nc(Cl)cs1)c1ccccc1.